The SMILES string of the molecule is CC(C)CCn1c(-c2ccc3c(c2)NC(=O)CO3)csc1=Nc1ccccc1F. The Labute approximate surface area is 172 Å². The lowest BCUT2D eigenvalue weighted by molar-refractivity contribution is -0.118. The van der Waals surface area contributed by atoms with Crippen molar-refractivity contribution < 1.29 is 13.9 Å². The molecule has 0 fully saturated rings. The van der Waals surface area contributed by atoms with Crippen molar-refractivity contribution in [3.63, 3.8) is 0 Å². The van der Waals surface area contributed by atoms with E-state index in [4.69, 9.17) is 4.74 Å². The zero-order valence-corrected chi connectivity index (χ0v) is 17.1. The molecule has 5 nitrogen and oxygen atoms in total. The molecule has 150 valence electrons. The molecule has 2 heterocycles. The molecule has 1 N–H and O–H groups in total. The Hall–Kier alpha value is -2.93. The Balaban J connectivity index is 1.80. The van der Waals surface area contributed by atoms with Crippen LogP contribution in [0.1, 0.15) is 20.3 Å². The summed E-state index contributed by atoms with van der Waals surface area (Å²) in [6.07, 6.45) is 0.971. The van der Waals surface area contributed by atoms with E-state index >= 15 is 0 Å². The average molecular weight is 412 g/mol. The lowest BCUT2D eigenvalue weighted by atomic mass is 10.1. The van der Waals surface area contributed by atoms with Crippen molar-refractivity contribution in [3.05, 3.63) is 58.5 Å². The standard InChI is InChI=1S/C22H22FN3O2S/c1-14(2)9-10-26-19(13-29-22(26)25-17-6-4-3-5-16(17)23)15-7-8-20-18(11-15)24-21(27)12-28-20/h3-8,11,13-14H,9-10,12H2,1-2H3,(H,24,27). The second-order valence-corrected chi connectivity index (χ2v) is 8.19. The number of aromatic nitrogens is 1. The Bertz CT molecular complexity index is 1120. The van der Waals surface area contributed by atoms with E-state index in [0.29, 0.717) is 23.0 Å². The third-order valence-electron chi connectivity index (χ3n) is 4.70. The number of anilines is 1. The van der Waals surface area contributed by atoms with E-state index in [1.54, 1.807) is 18.2 Å². The molecule has 29 heavy (non-hydrogen) atoms. The fourth-order valence-corrected chi connectivity index (χ4v) is 4.09. The number of hydrogen-bond acceptors (Lipinski definition) is 4. The minimum absolute atomic E-state index is 0.0326. The van der Waals surface area contributed by atoms with Gasteiger partial charge in [0.1, 0.15) is 17.3 Å². The fourth-order valence-electron chi connectivity index (χ4n) is 3.14. The van der Waals surface area contributed by atoms with Gasteiger partial charge in [0.05, 0.1) is 11.4 Å². The number of halogens is 1. The number of thiazole rings is 1. The third kappa shape index (κ3) is 4.24. The topological polar surface area (TPSA) is 55.6 Å². The van der Waals surface area contributed by atoms with Gasteiger partial charge in [-0.1, -0.05) is 26.0 Å². The summed E-state index contributed by atoms with van der Waals surface area (Å²) < 4.78 is 21.7. The molecular formula is C22H22FN3O2S. The van der Waals surface area contributed by atoms with Crippen molar-refractivity contribution in [2.24, 2.45) is 10.9 Å². The van der Waals surface area contributed by atoms with Crippen LogP contribution >= 0.6 is 11.3 Å². The van der Waals surface area contributed by atoms with E-state index in [2.05, 4.69) is 28.7 Å². The lowest BCUT2D eigenvalue weighted by Crippen LogP contribution is -2.25. The summed E-state index contributed by atoms with van der Waals surface area (Å²) >= 11 is 1.48. The van der Waals surface area contributed by atoms with E-state index in [-0.39, 0.29) is 18.3 Å². The molecule has 0 bridgehead atoms. The number of fused-ring (bicyclic) bond motifs is 1. The van der Waals surface area contributed by atoms with Gasteiger partial charge in [-0.15, -0.1) is 11.3 Å². The van der Waals surface area contributed by atoms with Gasteiger partial charge in [0.15, 0.2) is 11.4 Å². The predicted molar refractivity (Wildman–Crippen MR) is 113 cm³/mol. The van der Waals surface area contributed by atoms with Crippen LogP contribution < -0.4 is 14.9 Å². The van der Waals surface area contributed by atoms with Crippen molar-refractivity contribution in [2.75, 3.05) is 11.9 Å². The number of carbonyl (C=O) groups is 1. The number of nitrogens with one attached hydrogen (secondary N) is 1. The van der Waals surface area contributed by atoms with E-state index in [9.17, 15) is 9.18 Å². The normalized spacial score (nSPS) is 13.9. The maximum atomic E-state index is 14.1. The zero-order valence-electron chi connectivity index (χ0n) is 16.3. The molecule has 0 radical (unpaired) electrons. The second kappa shape index (κ2) is 8.21. The van der Waals surface area contributed by atoms with Crippen LogP contribution in [0.5, 0.6) is 5.75 Å². The number of benzene rings is 2. The van der Waals surface area contributed by atoms with Crippen LogP contribution in [0, 0.1) is 11.7 Å². The summed E-state index contributed by atoms with van der Waals surface area (Å²) in [4.78, 5) is 17.0. The monoisotopic (exact) mass is 411 g/mol. The van der Waals surface area contributed by atoms with Gasteiger partial charge in [-0.2, -0.15) is 0 Å². The third-order valence-corrected chi connectivity index (χ3v) is 5.57. The van der Waals surface area contributed by atoms with Gasteiger partial charge >= 0.3 is 0 Å². The Kier molecular flexibility index (Phi) is 5.49. The quantitative estimate of drug-likeness (QED) is 0.645. The first-order valence-corrected chi connectivity index (χ1v) is 10.4. The van der Waals surface area contributed by atoms with Crippen LogP contribution in [0.3, 0.4) is 0 Å². The first kappa shape index (κ1) is 19.4. The summed E-state index contributed by atoms with van der Waals surface area (Å²) in [5.41, 5.74) is 2.91. The number of ether oxygens (including phenoxy) is 1. The van der Waals surface area contributed by atoms with Gasteiger partial charge in [-0.3, -0.25) is 4.79 Å². The zero-order chi connectivity index (χ0) is 20.4. The number of carbonyl (C=O) groups excluding carboxylic acids is 1. The van der Waals surface area contributed by atoms with Gasteiger partial charge in [0.2, 0.25) is 0 Å². The smallest absolute Gasteiger partial charge is 0.262 e. The Morgan fingerprint density at radius 1 is 1.28 bits per heavy atom. The van der Waals surface area contributed by atoms with E-state index in [1.807, 2.05) is 23.6 Å². The molecule has 0 saturated heterocycles. The lowest BCUT2D eigenvalue weighted by Gasteiger charge is -2.19. The summed E-state index contributed by atoms with van der Waals surface area (Å²) in [7, 11) is 0. The molecule has 1 amide bonds. The highest BCUT2D eigenvalue weighted by Crippen LogP contribution is 2.33. The van der Waals surface area contributed by atoms with Crippen LogP contribution in [0.15, 0.2) is 52.8 Å². The molecule has 0 spiro atoms. The molecule has 3 aromatic rings. The first-order chi connectivity index (χ1) is 14.0. The van der Waals surface area contributed by atoms with E-state index in [0.717, 1.165) is 29.0 Å². The number of amides is 1. The molecule has 1 aromatic heterocycles. The van der Waals surface area contributed by atoms with E-state index in [1.165, 1.54) is 17.4 Å². The van der Waals surface area contributed by atoms with Gasteiger partial charge in [0.25, 0.3) is 5.91 Å². The molecule has 0 saturated carbocycles. The highest BCUT2D eigenvalue weighted by Gasteiger charge is 2.18. The molecule has 0 atom stereocenters. The van der Waals surface area contributed by atoms with Crippen LogP contribution in [-0.2, 0) is 11.3 Å². The molecular weight excluding hydrogens is 389 g/mol. The van der Waals surface area contributed by atoms with Crippen molar-refractivity contribution in [1.82, 2.24) is 4.57 Å². The predicted octanol–water partition coefficient (Wildman–Crippen LogP) is 4.97. The maximum absolute atomic E-state index is 14.1. The number of rotatable bonds is 5. The highest BCUT2D eigenvalue weighted by molar-refractivity contribution is 7.07. The number of para-hydroxylation sites is 1. The summed E-state index contributed by atoms with van der Waals surface area (Å²) in [6, 6.07) is 12.3. The molecule has 7 heteroatoms. The summed E-state index contributed by atoms with van der Waals surface area (Å²) in [5, 5.41) is 4.87. The molecule has 0 aliphatic carbocycles. The summed E-state index contributed by atoms with van der Waals surface area (Å²) in [5.74, 6) is 0.677. The van der Waals surface area contributed by atoms with Gasteiger partial charge in [-0.05, 0) is 42.7 Å². The summed E-state index contributed by atoms with van der Waals surface area (Å²) in [6.45, 7) is 5.15. The van der Waals surface area contributed by atoms with Crippen LogP contribution in [-0.4, -0.2) is 17.1 Å². The number of nitrogens with zero attached hydrogens (tertiary/aromatic N) is 2. The highest BCUT2D eigenvalue weighted by atomic mass is 32.1. The van der Waals surface area contributed by atoms with Crippen molar-refractivity contribution >= 4 is 28.6 Å². The van der Waals surface area contributed by atoms with Crippen molar-refractivity contribution in [3.8, 4) is 17.0 Å². The molecule has 1 aliphatic heterocycles. The fraction of sp³-hybridized carbons (Fsp3) is 0.273. The number of hydrogen-bond donors (Lipinski definition) is 1. The van der Waals surface area contributed by atoms with Crippen molar-refractivity contribution in [2.45, 2.75) is 26.8 Å². The molecule has 4 rings (SSSR count). The van der Waals surface area contributed by atoms with Gasteiger partial charge in [-0.25, -0.2) is 9.38 Å². The van der Waals surface area contributed by atoms with Gasteiger partial charge < -0.3 is 14.6 Å². The minimum Gasteiger partial charge on any atom is -0.482 e. The molecule has 1 aliphatic rings. The van der Waals surface area contributed by atoms with E-state index < -0.39 is 0 Å². The molecule has 0 unspecified atom stereocenters. The van der Waals surface area contributed by atoms with Crippen molar-refractivity contribution in [1.29, 1.82) is 0 Å². The Morgan fingerprint density at radius 3 is 2.90 bits per heavy atom. The van der Waals surface area contributed by atoms with Crippen LogP contribution in [0.4, 0.5) is 15.8 Å². The van der Waals surface area contributed by atoms with Crippen LogP contribution in [0.2, 0.25) is 0 Å². The minimum atomic E-state index is -0.341. The first-order valence-electron chi connectivity index (χ1n) is 9.56. The Morgan fingerprint density at radius 2 is 2.10 bits per heavy atom. The largest absolute Gasteiger partial charge is 0.482 e. The van der Waals surface area contributed by atoms with Gasteiger partial charge in [0, 0.05) is 17.5 Å². The second-order valence-electron chi connectivity index (χ2n) is 7.35. The molecule has 2 aromatic carbocycles. The average Bonchev–Trinajstić information content (AvgIpc) is 3.10. The van der Waals surface area contributed by atoms with Crippen LogP contribution in [0.25, 0.3) is 11.3 Å². The maximum Gasteiger partial charge on any atom is 0.262 e.